The smallest absolute Gasteiger partial charge is 0.329 e. The molecule has 1 unspecified atom stereocenters. The van der Waals surface area contributed by atoms with E-state index < -0.39 is 5.69 Å². The third-order valence-corrected chi connectivity index (χ3v) is 3.18. The SMILES string of the molecule is O=c1[nH]c2ccc(O)cc2c(=O)n1C1CCOC1. The molecule has 94 valence electrons. The second kappa shape index (κ2) is 3.99. The second-order valence-corrected chi connectivity index (χ2v) is 4.35. The average molecular weight is 248 g/mol. The Labute approximate surface area is 101 Å². The summed E-state index contributed by atoms with van der Waals surface area (Å²) in [7, 11) is 0. The number of hydrogen-bond donors (Lipinski definition) is 2. The van der Waals surface area contributed by atoms with Crippen molar-refractivity contribution in [2.45, 2.75) is 12.5 Å². The lowest BCUT2D eigenvalue weighted by Crippen LogP contribution is -2.38. The summed E-state index contributed by atoms with van der Waals surface area (Å²) < 4.78 is 6.37. The highest BCUT2D eigenvalue weighted by Gasteiger charge is 2.22. The quantitative estimate of drug-likeness (QED) is 0.763. The summed E-state index contributed by atoms with van der Waals surface area (Å²) in [4.78, 5) is 26.8. The van der Waals surface area contributed by atoms with Crippen LogP contribution in [0.5, 0.6) is 5.75 Å². The van der Waals surface area contributed by atoms with Crippen LogP contribution >= 0.6 is 0 Å². The molecule has 2 N–H and O–H groups in total. The molecule has 0 spiro atoms. The summed E-state index contributed by atoms with van der Waals surface area (Å²) in [5.41, 5.74) is -0.396. The highest BCUT2D eigenvalue weighted by Crippen LogP contribution is 2.17. The van der Waals surface area contributed by atoms with E-state index >= 15 is 0 Å². The predicted octanol–water partition coefficient (Wildman–Crippen LogP) is 0.357. The standard InChI is InChI=1S/C12H12N2O4/c15-8-1-2-10-9(5-8)11(16)14(12(17)13-10)7-3-4-18-6-7/h1-2,5,7,15H,3-4,6H2,(H,13,17). The zero-order valence-electron chi connectivity index (χ0n) is 9.55. The molecule has 6 nitrogen and oxygen atoms in total. The summed E-state index contributed by atoms with van der Waals surface area (Å²) in [5.74, 6) is 0.000806. The summed E-state index contributed by atoms with van der Waals surface area (Å²) in [5, 5.41) is 9.72. The van der Waals surface area contributed by atoms with Crippen LogP contribution in [0.2, 0.25) is 0 Å². The van der Waals surface area contributed by atoms with Crippen molar-refractivity contribution in [1.82, 2.24) is 9.55 Å². The Kier molecular flexibility index (Phi) is 2.45. The highest BCUT2D eigenvalue weighted by molar-refractivity contribution is 5.78. The van der Waals surface area contributed by atoms with Crippen LogP contribution in [0.3, 0.4) is 0 Å². The van der Waals surface area contributed by atoms with Crippen molar-refractivity contribution in [3.8, 4) is 5.75 Å². The Morgan fingerprint density at radius 2 is 2.22 bits per heavy atom. The molecular weight excluding hydrogens is 236 g/mol. The van der Waals surface area contributed by atoms with E-state index in [0.717, 1.165) is 0 Å². The van der Waals surface area contributed by atoms with Gasteiger partial charge in [-0.25, -0.2) is 4.79 Å². The molecule has 1 saturated heterocycles. The largest absolute Gasteiger partial charge is 0.508 e. The van der Waals surface area contributed by atoms with E-state index in [2.05, 4.69) is 4.98 Å². The van der Waals surface area contributed by atoms with Crippen molar-refractivity contribution in [1.29, 1.82) is 0 Å². The fraction of sp³-hybridized carbons (Fsp3) is 0.333. The molecule has 1 aliphatic heterocycles. The molecule has 1 atom stereocenters. The van der Waals surface area contributed by atoms with Crippen LogP contribution in [-0.2, 0) is 4.74 Å². The number of aromatic nitrogens is 2. The molecular formula is C12H12N2O4. The number of ether oxygens (including phenoxy) is 1. The summed E-state index contributed by atoms with van der Waals surface area (Å²) in [6.07, 6.45) is 0.646. The van der Waals surface area contributed by atoms with E-state index in [1.165, 1.54) is 22.8 Å². The van der Waals surface area contributed by atoms with Crippen LogP contribution < -0.4 is 11.2 Å². The lowest BCUT2D eigenvalue weighted by Gasteiger charge is -2.11. The fourth-order valence-corrected chi connectivity index (χ4v) is 2.27. The number of rotatable bonds is 1. The van der Waals surface area contributed by atoms with Crippen LogP contribution in [0.25, 0.3) is 10.9 Å². The van der Waals surface area contributed by atoms with Gasteiger partial charge in [0.1, 0.15) is 5.75 Å². The third-order valence-electron chi connectivity index (χ3n) is 3.18. The Morgan fingerprint density at radius 3 is 2.94 bits per heavy atom. The third kappa shape index (κ3) is 1.62. The van der Waals surface area contributed by atoms with Crippen molar-refractivity contribution in [2.24, 2.45) is 0 Å². The maximum Gasteiger partial charge on any atom is 0.329 e. The number of phenolic OH excluding ortho intramolecular Hbond substituents is 1. The van der Waals surface area contributed by atoms with Gasteiger partial charge in [0, 0.05) is 6.61 Å². The molecule has 3 rings (SSSR count). The number of nitrogens with zero attached hydrogens (tertiary/aromatic N) is 1. The number of hydrogen-bond acceptors (Lipinski definition) is 4. The zero-order valence-corrected chi connectivity index (χ0v) is 9.55. The molecule has 6 heteroatoms. The van der Waals surface area contributed by atoms with E-state index in [1.54, 1.807) is 0 Å². The first-order valence-corrected chi connectivity index (χ1v) is 5.72. The lowest BCUT2D eigenvalue weighted by molar-refractivity contribution is 0.185. The molecule has 0 aliphatic carbocycles. The van der Waals surface area contributed by atoms with Gasteiger partial charge in [0.15, 0.2) is 0 Å². The molecule has 1 aliphatic rings. The molecule has 18 heavy (non-hydrogen) atoms. The lowest BCUT2D eigenvalue weighted by atomic mass is 10.2. The first-order valence-electron chi connectivity index (χ1n) is 5.72. The van der Waals surface area contributed by atoms with E-state index in [4.69, 9.17) is 4.74 Å². The summed E-state index contributed by atoms with van der Waals surface area (Å²) in [6.45, 7) is 0.919. The van der Waals surface area contributed by atoms with Crippen LogP contribution in [0.15, 0.2) is 27.8 Å². The van der Waals surface area contributed by atoms with Gasteiger partial charge < -0.3 is 14.8 Å². The Bertz CT molecular complexity index is 710. The van der Waals surface area contributed by atoms with E-state index in [0.29, 0.717) is 30.5 Å². The minimum Gasteiger partial charge on any atom is -0.508 e. The van der Waals surface area contributed by atoms with Gasteiger partial charge in [0.05, 0.1) is 23.6 Å². The fourth-order valence-electron chi connectivity index (χ4n) is 2.27. The van der Waals surface area contributed by atoms with Crippen LogP contribution in [0, 0.1) is 0 Å². The maximum atomic E-state index is 12.3. The first kappa shape index (κ1) is 11.0. The summed E-state index contributed by atoms with van der Waals surface area (Å²) in [6, 6.07) is 4.08. The van der Waals surface area contributed by atoms with Gasteiger partial charge in [0.2, 0.25) is 0 Å². The number of phenols is 1. The van der Waals surface area contributed by atoms with Crippen molar-refractivity contribution in [2.75, 3.05) is 13.2 Å². The van der Waals surface area contributed by atoms with E-state index in [-0.39, 0.29) is 17.4 Å². The topological polar surface area (TPSA) is 84.3 Å². The molecule has 2 aromatic rings. The second-order valence-electron chi connectivity index (χ2n) is 4.35. The van der Waals surface area contributed by atoms with E-state index in [9.17, 15) is 14.7 Å². The first-order chi connectivity index (χ1) is 8.66. The number of fused-ring (bicyclic) bond motifs is 1. The number of aromatic amines is 1. The Hall–Kier alpha value is -2.08. The van der Waals surface area contributed by atoms with Crippen LogP contribution in [0.4, 0.5) is 0 Å². The highest BCUT2D eigenvalue weighted by atomic mass is 16.5. The van der Waals surface area contributed by atoms with Crippen molar-refractivity contribution < 1.29 is 9.84 Å². The van der Waals surface area contributed by atoms with Gasteiger partial charge >= 0.3 is 5.69 Å². The maximum absolute atomic E-state index is 12.3. The predicted molar refractivity (Wildman–Crippen MR) is 65.0 cm³/mol. The van der Waals surface area contributed by atoms with E-state index in [1.807, 2.05) is 0 Å². The van der Waals surface area contributed by atoms with Crippen molar-refractivity contribution in [3.05, 3.63) is 39.0 Å². The minimum absolute atomic E-state index is 0.000806. The van der Waals surface area contributed by atoms with Gasteiger partial charge in [-0.15, -0.1) is 0 Å². The zero-order chi connectivity index (χ0) is 12.7. The molecule has 2 heterocycles. The molecule has 0 saturated carbocycles. The van der Waals surface area contributed by atoms with Gasteiger partial charge in [-0.1, -0.05) is 0 Å². The molecule has 1 aromatic heterocycles. The van der Waals surface area contributed by atoms with Crippen molar-refractivity contribution >= 4 is 10.9 Å². The van der Waals surface area contributed by atoms with Gasteiger partial charge in [-0.3, -0.25) is 9.36 Å². The summed E-state index contributed by atoms with van der Waals surface area (Å²) >= 11 is 0. The van der Waals surface area contributed by atoms with Gasteiger partial charge in [-0.05, 0) is 24.6 Å². The monoisotopic (exact) mass is 248 g/mol. The number of nitrogens with one attached hydrogen (secondary N) is 1. The van der Waals surface area contributed by atoms with Crippen LogP contribution in [0.1, 0.15) is 12.5 Å². The van der Waals surface area contributed by atoms with Crippen LogP contribution in [-0.4, -0.2) is 27.9 Å². The molecule has 0 bridgehead atoms. The number of aromatic hydroxyl groups is 1. The number of benzene rings is 1. The normalized spacial score (nSPS) is 19.4. The average Bonchev–Trinajstić information content (AvgIpc) is 2.84. The Balaban J connectivity index is 2.32. The Morgan fingerprint density at radius 1 is 1.39 bits per heavy atom. The molecule has 1 fully saturated rings. The van der Waals surface area contributed by atoms with Crippen molar-refractivity contribution in [3.63, 3.8) is 0 Å². The number of H-pyrrole nitrogens is 1. The molecule has 0 radical (unpaired) electrons. The molecule has 1 aromatic carbocycles. The van der Waals surface area contributed by atoms with Gasteiger partial charge in [-0.2, -0.15) is 0 Å². The minimum atomic E-state index is -0.436. The van der Waals surface area contributed by atoms with Gasteiger partial charge in [0.25, 0.3) is 5.56 Å². The molecule has 0 amide bonds.